The van der Waals surface area contributed by atoms with Crippen LogP contribution in [0.5, 0.6) is 5.75 Å². The number of aromatic amines is 2. The molecule has 180 valence electrons. The SMILES string of the molecule is Cc1cccc2c(O)cc3c(c12)[C@H](CCl)CN3C(=O)c1cc2cc(NC(=O)c3cn[nH]n3)cnc2[nH]1. The summed E-state index contributed by atoms with van der Waals surface area (Å²) in [7, 11) is 0. The summed E-state index contributed by atoms with van der Waals surface area (Å²) in [5.74, 6) is -0.308. The Morgan fingerprint density at radius 3 is 2.89 bits per heavy atom. The fraction of sp³-hybridized carbons (Fsp3) is 0.160. The molecule has 4 N–H and O–H groups in total. The van der Waals surface area contributed by atoms with Crippen molar-refractivity contribution >= 4 is 56.6 Å². The third-order valence-corrected chi connectivity index (χ3v) is 6.88. The fourth-order valence-corrected chi connectivity index (χ4v) is 5.12. The number of phenols is 1. The van der Waals surface area contributed by atoms with Crippen LogP contribution in [0.15, 0.2) is 48.8 Å². The van der Waals surface area contributed by atoms with Crippen LogP contribution in [0.3, 0.4) is 0 Å². The van der Waals surface area contributed by atoms with Gasteiger partial charge in [-0.25, -0.2) is 4.98 Å². The van der Waals surface area contributed by atoms with Crippen LogP contribution in [0.25, 0.3) is 21.8 Å². The number of carbonyl (C=O) groups excluding carboxylic acids is 2. The lowest BCUT2D eigenvalue weighted by Gasteiger charge is -2.18. The van der Waals surface area contributed by atoms with E-state index in [-0.39, 0.29) is 23.3 Å². The minimum Gasteiger partial charge on any atom is -0.507 e. The fourth-order valence-electron chi connectivity index (χ4n) is 4.87. The first-order chi connectivity index (χ1) is 17.4. The number of aromatic hydroxyl groups is 1. The molecule has 36 heavy (non-hydrogen) atoms. The van der Waals surface area contributed by atoms with Crippen LogP contribution in [0.2, 0.25) is 0 Å². The highest BCUT2D eigenvalue weighted by Crippen LogP contribution is 2.46. The standard InChI is InChI=1S/C25H20ClN7O3/c1-12-3-2-4-16-20(34)7-19-22(21(12)16)14(8-26)11-33(19)25(36)17-6-13-5-15(9-27-23(13)30-17)29-24(35)18-10-28-32-31-18/h2-7,9-10,14,34H,8,11H2,1H3,(H,27,30)(H,29,35)(H,28,31,32)/t14-/m1/s1. The molecule has 1 aliphatic rings. The zero-order chi connectivity index (χ0) is 25.0. The van der Waals surface area contributed by atoms with Gasteiger partial charge >= 0.3 is 0 Å². The number of hydrogen-bond acceptors (Lipinski definition) is 6. The topological polar surface area (TPSA) is 140 Å². The van der Waals surface area contributed by atoms with Crippen molar-refractivity contribution in [2.45, 2.75) is 12.8 Å². The van der Waals surface area contributed by atoms with Gasteiger partial charge in [0.25, 0.3) is 11.8 Å². The van der Waals surface area contributed by atoms with Crippen molar-refractivity contribution in [1.82, 2.24) is 25.4 Å². The summed E-state index contributed by atoms with van der Waals surface area (Å²) in [4.78, 5) is 35.0. The van der Waals surface area contributed by atoms with Gasteiger partial charge < -0.3 is 20.3 Å². The van der Waals surface area contributed by atoms with Gasteiger partial charge in [0.2, 0.25) is 0 Å². The van der Waals surface area contributed by atoms with Crippen molar-refractivity contribution < 1.29 is 14.7 Å². The van der Waals surface area contributed by atoms with Gasteiger partial charge in [0.15, 0.2) is 5.69 Å². The van der Waals surface area contributed by atoms with E-state index in [9.17, 15) is 14.7 Å². The van der Waals surface area contributed by atoms with Crippen LogP contribution in [-0.4, -0.2) is 54.7 Å². The number of benzene rings is 2. The van der Waals surface area contributed by atoms with Crippen LogP contribution < -0.4 is 10.2 Å². The van der Waals surface area contributed by atoms with Crippen molar-refractivity contribution in [2.75, 3.05) is 22.6 Å². The highest BCUT2D eigenvalue weighted by molar-refractivity contribution is 6.19. The molecule has 1 atom stereocenters. The lowest BCUT2D eigenvalue weighted by Crippen LogP contribution is -2.30. The summed E-state index contributed by atoms with van der Waals surface area (Å²) >= 11 is 6.34. The maximum Gasteiger partial charge on any atom is 0.277 e. The predicted molar refractivity (Wildman–Crippen MR) is 136 cm³/mol. The Morgan fingerprint density at radius 1 is 1.25 bits per heavy atom. The van der Waals surface area contributed by atoms with Gasteiger partial charge in [0.1, 0.15) is 17.1 Å². The normalized spacial score (nSPS) is 14.9. The molecule has 0 radical (unpaired) electrons. The molecule has 0 bridgehead atoms. The minimum absolute atomic E-state index is 0.0735. The van der Waals surface area contributed by atoms with E-state index in [1.165, 1.54) is 12.4 Å². The minimum atomic E-state index is -0.431. The number of anilines is 2. The third-order valence-electron chi connectivity index (χ3n) is 6.51. The molecule has 0 fully saturated rings. The third kappa shape index (κ3) is 3.45. The number of amides is 2. The number of phenolic OH excluding ortho intramolecular Hbond substituents is 1. The Bertz CT molecular complexity index is 1660. The molecule has 0 unspecified atom stereocenters. The van der Waals surface area contributed by atoms with Gasteiger partial charge in [-0.3, -0.25) is 9.59 Å². The number of aromatic nitrogens is 5. The number of alkyl halides is 1. The second-order valence-electron chi connectivity index (χ2n) is 8.75. The number of hydrogen-bond donors (Lipinski definition) is 4. The Balaban J connectivity index is 1.36. The number of fused-ring (bicyclic) bond motifs is 4. The van der Waals surface area contributed by atoms with Gasteiger partial charge in [-0.1, -0.05) is 18.2 Å². The van der Waals surface area contributed by atoms with Crippen molar-refractivity contribution in [2.24, 2.45) is 0 Å². The molecule has 2 aromatic carbocycles. The Kier molecular flexibility index (Phi) is 5.11. The largest absolute Gasteiger partial charge is 0.507 e. The predicted octanol–water partition coefficient (Wildman–Crippen LogP) is 4.08. The maximum absolute atomic E-state index is 13.6. The number of aryl methyl sites for hydroxylation is 1. The molecule has 0 saturated carbocycles. The van der Waals surface area contributed by atoms with Gasteiger partial charge in [0.05, 0.1) is 23.8 Å². The number of nitrogens with zero attached hydrogens (tertiary/aromatic N) is 4. The van der Waals surface area contributed by atoms with E-state index >= 15 is 0 Å². The van der Waals surface area contributed by atoms with Crippen molar-refractivity contribution in [1.29, 1.82) is 0 Å². The van der Waals surface area contributed by atoms with Crippen LogP contribution in [-0.2, 0) is 0 Å². The van der Waals surface area contributed by atoms with Gasteiger partial charge in [-0.05, 0) is 35.6 Å². The molecule has 5 aromatic rings. The van der Waals surface area contributed by atoms with Gasteiger partial charge in [-0.2, -0.15) is 15.4 Å². The highest BCUT2D eigenvalue weighted by atomic mass is 35.5. The molecular weight excluding hydrogens is 482 g/mol. The van der Waals surface area contributed by atoms with Crippen LogP contribution >= 0.6 is 11.6 Å². The highest BCUT2D eigenvalue weighted by Gasteiger charge is 2.35. The lowest BCUT2D eigenvalue weighted by molar-refractivity contribution is 0.0982. The van der Waals surface area contributed by atoms with E-state index in [0.29, 0.717) is 40.5 Å². The molecule has 1 aliphatic heterocycles. The van der Waals surface area contributed by atoms with Crippen molar-refractivity contribution in [3.05, 3.63) is 71.3 Å². The molecule has 6 rings (SSSR count). The molecular formula is C25H20ClN7O3. The van der Waals surface area contributed by atoms with Crippen LogP contribution in [0.1, 0.15) is 38.0 Å². The quantitative estimate of drug-likeness (QED) is 0.273. The molecule has 0 saturated heterocycles. The molecule has 10 nitrogen and oxygen atoms in total. The lowest BCUT2D eigenvalue weighted by atomic mass is 9.92. The molecule has 0 aliphatic carbocycles. The molecule has 4 heterocycles. The number of H-pyrrole nitrogens is 2. The molecule has 3 aromatic heterocycles. The average molecular weight is 502 g/mol. The van der Waals surface area contributed by atoms with E-state index in [1.54, 1.807) is 23.1 Å². The Labute approximate surface area is 209 Å². The molecule has 2 amide bonds. The number of pyridine rings is 1. The van der Waals surface area contributed by atoms with Crippen molar-refractivity contribution in [3.8, 4) is 5.75 Å². The Morgan fingerprint density at radius 2 is 2.11 bits per heavy atom. The van der Waals surface area contributed by atoms with E-state index < -0.39 is 5.91 Å². The molecule has 0 spiro atoms. The number of halogens is 1. The van der Waals surface area contributed by atoms with Gasteiger partial charge in [-0.15, -0.1) is 11.6 Å². The van der Waals surface area contributed by atoms with E-state index in [4.69, 9.17) is 11.6 Å². The zero-order valence-corrected chi connectivity index (χ0v) is 19.8. The van der Waals surface area contributed by atoms with E-state index in [0.717, 1.165) is 21.9 Å². The zero-order valence-electron chi connectivity index (χ0n) is 19.0. The van der Waals surface area contributed by atoms with Crippen LogP contribution in [0, 0.1) is 6.92 Å². The van der Waals surface area contributed by atoms with Crippen LogP contribution in [0.4, 0.5) is 11.4 Å². The first-order valence-electron chi connectivity index (χ1n) is 11.2. The number of carbonyl (C=O) groups is 2. The summed E-state index contributed by atoms with van der Waals surface area (Å²) in [6.45, 7) is 2.38. The van der Waals surface area contributed by atoms with Crippen molar-refractivity contribution in [3.63, 3.8) is 0 Å². The second kappa shape index (κ2) is 8.35. The summed E-state index contributed by atoms with van der Waals surface area (Å²) in [5.41, 5.74) is 4.07. The van der Waals surface area contributed by atoms with E-state index in [1.807, 2.05) is 25.1 Å². The monoisotopic (exact) mass is 501 g/mol. The summed E-state index contributed by atoms with van der Waals surface area (Å²) in [6, 6.07) is 10.8. The first-order valence-corrected chi connectivity index (χ1v) is 11.8. The Hall–Kier alpha value is -4.44. The van der Waals surface area contributed by atoms with E-state index in [2.05, 4.69) is 30.7 Å². The number of rotatable bonds is 4. The summed E-state index contributed by atoms with van der Waals surface area (Å²) in [6.07, 6.45) is 2.81. The first kappa shape index (κ1) is 22.1. The maximum atomic E-state index is 13.6. The second-order valence-corrected chi connectivity index (χ2v) is 9.06. The van der Waals surface area contributed by atoms with Gasteiger partial charge in [0, 0.05) is 35.2 Å². The molecule has 11 heteroatoms. The summed E-state index contributed by atoms with van der Waals surface area (Å²) in [5, 5.41) is 25.6. The smallest absolute Gasteiger partial charge is 0.277 e. The average Bonchev–Trinajstić information content (AvgIpc) is 3.62. The number of nitrogens with one attached hydrogen (secondary N) is 3. The summed E-state index contributed by atoms with van der Waals surface area (Å²) < 4.78 is 0.